The van der Waals surface area contributed by atoms with E-state index in [1.54, 1.807) is 42.1 Å². The van der Waals surface area contributed by atoms with E-state index in [0.29, 0.717) is 0 Å². The Bertz CT molecular complexity index is 2040. The van der Waals surface area contributed by atoms with Gasteiger partial charge in [-0.3, -0.25) is 24.1 Å². The third-order valence-corrected chi connectivity index (χ3v) is 17.3. The van der Waals surface area contributed by atoms with Crippen LogP contribution in [-0.2, 0) is 35.9 Å². The van der Waals surface area contributed by atoms with Gasteiger partial charge in [0.05, 0.1) is 13.2 Å². The van der Waals surface area contributed by atoms with Gasteiger partial charge in [0, 0.05) is 62.3 Å². The first-order valence-electron chi connectivity index (χ1n) is 16.9. The van der Waals surface area contributed by atoms with Crippen LogP contribution in [0.2, 0.25) is 0 Å². The van der Waals surface area contributed by atoms with Gasteiger partial charge in [0.15, 0.2) is 19.5 Å². The molecule has 6 aliphatic rings. The lowest BCUT2D eigenvalue weighted by molar-refractivity contribution is -0.167. The number of para-hydroxylation sites is 2. The monoisotopic (exact) mass is 782 g/mol. The number of hydrogen-bond acceptors (Lipinski definition) is 11. The molecule has 276 valence electrons. The highest BCUT2D eigenvalue weighted by molar-refractivity contribution is 8.02. The number of rotatable bonds is 5. The van der Waals surface area contributed by atoms with Crippen LogP contribution in [0.5, 0.6) is 0 Å². The maximum Gasteiger partial charge on any atom is 0.264 e. The lowest BCUT2D eigenvalue weighted by Gasteiger charge is -2.54. The number of benzene rings is 2. The molecule has 0 spiro atoms. The minimum atomic E-state index is -1.54. The Labute approximate surface area is 319 Å². The molecule has 0 saturated carbocycles. The molecule has 1 aromatic heterocycles. The van der Waals surface area contributed by atoms with E-state index in [2.05, 4.69) is 16.8 Å². The van der Waals surface area contributed by atoms with Crippen molar-refractivity contribution in [3.63, 3.8) is 0 Å². The first kappa shape index (κ1) is 36.0. The van der Waals surface area contributed by atoms with E-state index in [1.165, 1.54) is 40.2 Å². The molecule has 52 heavy (non-hydrogen) atoms. The molecule has 6 aliphatic heterocycles. The molecule has 1 N–H and O–H groups in total. The number of anilines is 1. The highest BCUT2D eigenvalue weighted by atomic mass is 32.2. The van der Waals surface area contributed by atoms with Gasteiger partial charge < -0.3 is 34.0 Å². The van der Waals surface area contributed by atoms with Gasteiger partial charge in [0.1, 0.15) is 18.4 Å². The molecule has 9 rings (SSSR count). The molecule has 3 saturated heterocycles. The topological polar surface area (TPSA) is 119 Å². The van der Waals surface area contributed by atoms with Crippen LogP contribution in [0.1, 0.15) is 17.5 Å². The minimum absolute atomic E-state index is 0.0475. The van der Waals surface area contributed by atoms with Crippen molar-refractivity contribution < 1.29 is 29.0 Å². The van der Waals surface area contributed by atoms with Gasteiger partial charge in [0.2, 0.25) is 0 Å². The van der Waals surface area contributed by atoms with Crippen molar-refractivity contribution in [2.45, 2.75) is 44.0 Å². The SMILES string of the molecule is CSC12COCN3c4ccccc4C4(CC5(SC)C(=O)N(C)C(CO)(SC)C(=O)N5C34)n3cc(c4ccccc43)CC(SC)(C(=O)N1C)N(C)C2=O. The number of aliphatic hydroxyl groups excluding tert-OH is 1. The maximum absolute atomic E-state index is 15.2. The van der Waals surface area contributed by atoms with Crippen LogP contribution in [-0.4, -0.2) is 145 Å². The summed E-state index contributed by atoms with van der Waals surface area (Å²) in [5, 5.41) is 11.8. The van der Waals surface area contributed by atoms with Crippen molar-refractivity contribution in [1.82, 2.24) is 24.2 Å². The fourth-order valence-corrected chi connectivity index (χ4v) is 13.2. The second kappa shape index (κ2) is 12.0. The molecule has 4 amide bonds. The van der Waals surface area contributed by atoms with Crippen molar-refractivity contribution in [1.29, 1.82) is 0 Å². The summed E-state index contributed by atoms with van der Waals surface area (Å²) in [7, 11) is 5.00. The molecule has 7 heterocycles. The third-order valence-electron chi connectivity index (χ3n) is 12.4. The molecule has 0 radical (unpaired) electrons. The number of aliphatic hydroxyl groups is 1. The number of carbonyl (C=O) groups is 4. The highest BCUT2D eigenvalue weighted by Crippen LogP contribution is 2.64. The fourth-order valence-electron chi connectivity index (χ4n) is 9.55. The Kier molecular flexibility index (Phi) is 8.30. The molecular formula is C36H42N6O6S4. The molecular weight excluding hydrogens is 741 g/mol. The summed E-state index contributed by atoms with van der Waals surface area (Å²) in [5.41, 5.74) is 2.50. The summed E-state index contributed by atoms with van der Waals surface area (Å²) in [4.78, 5) is 62.4. The highest BCUT2D eigenvalue weighted by Gasteiger charge is 2.76. The molecule has 2 aromatic carbocycles. The summed E-state index contributed by atoms with van der Waals surface area (Å²) >= 11 is 5.11. The number of carbonyl (C=O) groups excluding carboxylic acids is 4. The zero-order valence-electron chi connectivity index (χ0n) is 30.1. The normalized spacial score (nSPS) is 34.3. The molecule has 6 unspecified atom stereocenters. The number of thioether (sulfide) groups is 4. The van der Waals surface area contributed by atoms with Gasteiger partial charge >= 0.3 is 0 Å². The van der Waals surface area contributed by atoms with Crippen molar-refractivity contribution in [2.24, 2.45) is 0 Å². The average Bonchev–Trinajstić information content (AvgIpc) is 3.78. The van der Waals surface area contributed by atoms with E-state index >= 15 is 4.79 Å². The Morgan fingerprint density at radius 3 is 2.06 bits per heavy atom. The first-order valence-corrected chi connectivity index (χ1v) is 21.8. The van der Waals surface area contributed by atoms with Gasteiger partial charge in [-0.05, 0) is 42.7 Å². The maximum atomic E-state index is 15.2. The minimum Gasteiger partial charge on any atom is -0.392 e. The molecule has 3 fully saturated rings. The van der Waals surface area contributed by atoms with Crippen molar-refractivity contribution >= 4 is 87.3 Å². The largest absolute Gasteiger partial charge is 0.392 e. The van der Waals surface area contributed by atoms with Crippen LogP contribution in [0.15, 0.2) is 54.7 Å². The van der Waals surface area contributed by atoms with Crippen LogP contribution in [0, 0.1) is 0 Å². The summed E-state index contributed by atoms with van der Waals surface area (Å²) in [5.74, 6) is -1.04. The molecule has 16 heteroatoms. The van der Waals surface area contributed by atoms with Gasteiger partial charge in [-0.2, -0.15) is 0 Å². The van der Waals surface area contributed by atoms with E-state index < -0.39 is 37.8 Å². The van der Waals surface area contributed by atoms with E-state index in [1.807, 2.05) is 66.1 Å². The van der Waals surface area contributed by atoms with Crippen molar-refractivity contribution in [3.8, 4) is 0 Å². The summed E-state index contributed by atoms with van der Waals surface area (Å²) in [6, 6.07) is 16.0. The number of nitrogens with zero attached hydrogens (tertiary/aromatic N) is 6. The smallest absolute Gasteiger partial charge is 0.264 e. The summed E-state index contributed by atoms with van der Waals surface area (Å²) in [6.45, 7) is -0.711. The number of ether oxygens (including phenoxy) is 1. The van der Waals surface area contributed by atoms with Crippen LogP contribution in [0.4, 0.5) is 5.69 Å². The number of likely N-dealkylation sites (N-methyl/N-ethyl adjacent to an activating group) is 3. The second-order valence-corrected chi connectivity index (χ2v) is 18.4. The van der Waals surface area contributed by atoms with Crippen LogP contribution in [0.3, 0.4) is 0 Å². The summed E-state index contributed by atoms with van der Waals surface area (Å²) in [6.07, 6.45) is 9.06. The Hall–Kier alpha value is -3.02. The molecule has 0 aliphatic carbocycles. The Balaban J connectivity index is 1.48. The molecule has 6 atom stereocenters. The zero-order valence-corrected chi connectivity index (χ0v) is 33.4. The van der Waals surface area contributed by atoms with E-state index in [0.717, 1.165) is 39.5 Å². The predicted molar refractivity (Wildman–Crippen MR) is 208 cm³/mol. The predicted octanol–water partition coefficient (Wildman–Crippen LogP) is 2.93. The number of piperazine rings is 2. The van der Waals surface area contributed by atoms with Crippen molar-refractivity contribution in [2.75, 3.05) is 71.0 Å². The summed E-state index contributed by atoms with van der Waals surface area (Å²) < 4.78 is 8.82. The third kappa shape index (κ3) is 3.98. The van der Waals surface area contributed by atoms with Gasteiger partial charge in [-0.15, -0.1) is 47.0 Å². The zero-order chi connectivity index (χ0) is 37.2. The van der Waals surface area contributed by atoms with E-state index in [-0.39, 0.29) is 49.8 Å². The van der Waals surface area contributed by atoms with Crippen LogP contribution < -0.4 is 4.90 Å². The first-order chi connectivity index (χ1) is 24.9. The lowest BCUT2D eigenvalue weighted by Crippen LogP contribution is -2.75. The lowest BCUT2D eigenvalue weighted by atomic mass is 9.86. The molecule has 6 bridgehead atoms. The second-order valence-electron chi connectivity index (χ2n) is 14.0. The Morgan fingerprint density at radius 1 is 0.769 bits per heavy atom. The standard InChI is InChI=1S/C36H42N6O6S4/c1-37-30(46)36(52-7)20-48-21-40-26-15-11-9-13-24(26)32(18-34(50-5)29(45)38(2)35(19-43,51-6)31(47)42(34)27(32)40)41-17-22(23-12-8-10-14-25(23)41)16-33(37,49-4)28(44)39(36)3/h8-15,17,27,43H,16,18-21H2,1-7H3. The number of aromatic nitrogens is 1. The van der Waals surface area contributed by atoms with E-state index in [9.17, 15) is 19.5 Å². The van der Waals surface area contributed by atoms with Crippen molar-refractivity contribution in [3.05, 3.63) is 65.9 Å². The van der Waals surface area contributed by atoms with E-state index in [4.69, 9.17) is 4.74 Å². The van der Waals surface area contributed by atoms with Crippen LogP contribution in [0.25, 0.3) is 10.9 Å². The Morgan fingerprint density at radius 2 is 1.38 bits per heavy atom. The number of hydrogen-bond donors (Lipinski definition) is 1. The number of amides is 4. The van der Waals surface area contributed by atoms with Gasteiger partial charge in [-0.1, -0.05) is 36.4 Å². The quantitative estimate of drug-likeness (QED) is 0.412. The molecule has 12 nitrogen and oxygen atoms in total. The van der Waals surface area contributed by atoms with Crippen LogP contribution >= 0.6 is 47.0 Å². The number of fused-ring (bicyclic) bond motifs is 7. The van der Waals surface area contributed by atoms with Gasteiger partial charge in [0.25, 0.3) is 23.6 Å². The average molecular weight is 783 g/mol. The molecule has 3 aromatic rings. The fraction of sp³-hybridized carbons (Fsp3) is 0.500. The van der Waals surface area contributed by atoms with Gasteiger partial charge in [-0.25, -0.2) is 0 Å².